The summed E-state index contributed by atoms with van der Waals surface area (Å²) in [5.74, 6) is 0. The maximum atomic E-state index is 2.36. The van der Waals surface area contributed by atoms with Crippen molar-refractivity contribution in [1.82, 2.24) is 0 Å². The van der Waals surface area contributed by atoms with E-state index in [0.29, 0.717) is 0 Å². The number of aryl methyl sites for hydroxylation is 1. The zero-order valence-corrected chi connectivity index (χ0v) is 11.5. The first-order valence-corrected chi connectivity index (χ1v) is 6.57. The van der Waals surface area contributed by atoms with Crippen LogP contribution in [0.3, 0.4) is 0 Å². The van der Waals surface area contributed by atoms with Crippen molar-refractivity contribution in [3.8, 4) is 11.1 Å². The molecular weight excluding hydrogens is 216 g/mol. The number of hydrogen-bond donors (Lipinski definition) is 0. The van der Waals surface area contributed by atoms with Crippen LogP contribution in [0.4, 0.5) is 0 Å². The molecule has 0 heterocycles. The first-order chi connectivity index (χ1) is 8.48. The third kappa shape index (κ3) is 1.59. The molecule has 2 aromatic rings. The number of fused-ring (bicyclic) bond motifs is 3. The molecule has 0 aliphatic heterocycles. The van der Waals surface area contributed by atoms with E-state index in [-0.39, 0.29) is 5.41 Å². The maximum absolute atomic E-state index is 2.36. The third-order valence-electron chi connectivity index (χ3n) is 3.82. The average Bonchev–Trinajstić information content (AvgIpc) is 2.68. The Balaban J connectivity index is 2.26. The third-order valence-corrected chi connectivity index (χ3v) is 3.82. The molecule has 0 heteroatoms. The predicted molar refractivity (Wildman–Crippen MR) is 77.8 cm³/mol. The van der Waals surface area contributed by atoms with E-state index in [1.54, 1.807) is 0 Å². The van der Waals surface area contributed by atoms with Gasteiger partial charge in [-0.2, -0.15) is 0 Å². The van der Waals surface area contributed by atoms with Gasteiger partial charge in [0.05, 0.1) is 0 Å². The van der Waals surface area contributed by atoms with Crippen LogP contribution in [0, 0.1) is 13.3 Å². The second-order valence-corrected chi connectivity index (χ2v) is 6.20. The van der Waals surface area contributed by atoms with E-state index in [4.69, 9.17) is 0 Å². The summed E-state index contributed by atoms with van der Waals surface area (Å²) in [6.45, 7) is 9.04. The predicted octanol–water partition coefficient (Wildman–Crippen LogP) is 4.87. The summed E-state index contributed by atoms with van der Waals surface area (Å²) in [7, 11) is 0. The van der Waals surface area contributed by atoms with E-state index in [0.717, 1.165) is 0 Å². The Morgan fingerprint density at radius 1 is 0.778 bits per heavy atom. The van der Waals surface area contributed by atoms with Crippen LogP contribution >= 0.6 is 0 Å². The van der Waals surface area contributed by atoms with Crippen LogP contribution in [0.2, 0.25) is 0 Å². The molecule has 91 valence electrons. The van der Waals surface area contributed by atoms with E-state index in [1.807, 2.05) is 0 Å². The lowest BCUT2D eigenvalue weighted by molar-refractivity contribution is 0.588. The average molecular weight is 235 g/mol. The van der Waals surface area contributed by atoms with Crippen LogP contribution in [0.5, 0.6) is 0 Å². The van der Waals surface area contributed by atoms with E-state index in [1.165, 1.54) is 33.4 Å². The van der Waals surface area contributed by atoms with E-state index >= 15 is 0 Å². The lowest BCUT2D eigenvalue weighted by Gasteiger charge is -2.22. The zero-order chi connectivity index (χ0) is 12.9. The van der Waals surface area contributed by atoms with Gasteiger partial charge >= 0.3 is 0 Å². The number of hydrogen-bond acceptors (Lipinski definition) is 0. The van der Waals surface area contributed by atoms with Gasteiger partial charge in [-0.3, -0.25) is 0 Å². The summed E-state index contributed by atoms with van der Waals surface area (Å²) in [6, 6.07) is 13.3. The van der Waals surface area contributed by atoms with Crippen molar-refractivity contribution in [2.24, 2.45) is 0 Å². The molecule has 0 amide bonds. The van der Waals surface area contributed by atoms with E-state index < -0.39 is 0 Å². The summed E-state index contributed by atoms with van der Waals surface area (Å²) in [5.41, 5.74) is 8.58. The second kappa shape index (κ2) is 3.71. The molecule has 0 aromatic heterocycles. The molecule has 1 aliphatic rings. The molecule has 0 nitrogen and oxygen atoms in total. The first-order valence-electron chi connectivity index (χ1n) is 6.57. The Bertz CT molecular complexity index is 612. The van der Waals surface area contributed by atoms with Gasteiger partial charge in [-0.25, -0.2) is 0 Å². The fourth-order valence-corrected chi connectivity index (χ4v) is 2.86. The summed E-state index contributed by atoms with van der Waals surface area (Å²) in [5, 5.41) is 0. The topological polar surface area (TPSA) is 0 Å². The molecule has 0 N–H and O–H groups in total. The van der Waals surface area contributed by atoms with Gasteiger partial charge in [0, 0.05) is 6.42 Å². The highest BCUT2D eigenvalue weighted by atomic mass is 14.3. The Labute approximate surface area is 110 Å². The molecule has 0 atom stereocenters. The van der Waals surface area contributed by atoms with Gasteiger partial charge in [0.1, 0.15) is 0 Å². The fourth-order valence-electron chi connectivity index (χ4n) is 2.86. The van der Waals surface area contributed by atoms with Gasteiger partial charge in [0.25, 0.3) is 0 Å². The van der Waals surface area contributed by atoms with Crippen molar-refractivity contribution in [2.75, 3.05) is 0 Å². The lowest BCUT2D eigenvalue weighted by atomic mass is 9.82. The maximum Gasteiger partial charge on any atom is 0.0217 e. The molecule has 18 heavy (non-hydrogen) atoms. The zero-order valence-electron chi connectivity index (χ0n) is 11.5. The Kier molecular flexibility index (Phi) is 2.38. The highest BCUT2D eigenvalue weighted by Gasteiger charge is 2.26. The molecule has 0 spiro atoms. The molecule has 0 bridgehead atoms. The minimum absolute atomic E-state index is 0.192. The molecule has 2 aromatic carbocycles. The number of rotatable bonds is 0. The monoisotopic (exact) mass is 235 g/mol. The van der Waals surface area contributed by atoms with Gasteiger partial charge < -0.3 is 0 Å². The van der Waals surface area contributed by atoms with Crippen LogP contribution < -0.4 is 0 Å². The molecule has 0 unspecified atom stereocenters. The minimum atomic E-state index is 0.192. The van der Waals surface area contributed by atoms with Crippen LogP contribution in [-0.2, 0) is 5.41 Å². The van der Waals surface area contributed by atoms with E-state index in [2.05, 4.69) is 70.5 Å². The summed E-state index contributed by atoms with van der Waals surface area (Å²) in [4.78, 5) is 0. The van der Waals surface area contributed by atoms with Gasteiger partial charge in [0.2, 0.25) is 0 Å². The molecular formula is C18H19. The molecule has 0 saturated carbocycles. The lowest BCUT2D eigenvalue weighted by Crippen LogP contribution is -2.13. The quantitative estimate of drug-likeness (QED) is 0.521. The Hall–Kier alpha value is -1.56. The molecule has 3 rings (SSSR count). The minimum Gasteiger partial charge on any atom is -0.0614 e. The smallest absolute Gasteiger partial charge is 0.0217 e. The van der Waals surface area contributed by atoms with Crippen molar-refractivity contribution < 1.29 is 0 Å². The standard InChI is InChI=1S/C18H19/c1-12-7-5-8-13-14-9-6-10-17(18(2,3)4)16(14)11-15(12)13/h5-11H,1-4H3. The van der Waals surface area contributed by atoms with Crippen LogP contribution in [0.1, 0.15) is 43.0 Å². The second-order valence-electron chi connectivity index (χ2n) is 6.20. The molecule has 0 saturated heterocycles. The van der Waals surface area contributed by atoms with Gasteiger partial charge in [-0.1, -0.05) is 57.2 Å². The van der Waals surface area contributed by atoms with Crippen molar-refractivity contribution >= 4 is 0 Å². The SMILES string of the molecule is Cc1cccc2c1[CH]c1c-2cccc1C(C)(C)C. The number of benzene rings is 2. The summed E-state index contributed by atoms with van der Waals surface area (Å²) >= 11 is 0. The van der Waals surface area contributed by atoms with Gasteiger partial charge in [-0.05, 0) is 45.7 Å². The summed E-state index contributed by atoms with van der Waals surface area (Å²) < 4.78 is 0. The van der Waals surface area contributed by atoms with Crippen LogP contribution in [-0.4, -0.2) is 0 Å². The molecule has 0 fully saturated rings. The first kappa shape index (κ1) is 11.5. The van der Waals surface area contributed by atoms with Gasteiger partial charge in [0.15, 0.2) is 0 Å². The van der Waals surface area contributed by atoms with Crippen LogP contribution in [0.15, 0.2) is 36.4 Å². The highest BCUT2D eigenvalue weighted by molar-refractivity contribution is 5.83. The van der Waals surface area contributed by atoms with E-state index in [9.17, 15) is 0 Å². The van der Waals surface area contributed by atoms with Gasteiger partial charge in [-0.15, -0.1) is 0 Å². The van der Waals surface area contributed by atoms with Crippen molar-refractivity contribution in [3.63, 3.8) is 0 Å². The van der Waals surface area contributed by atoms with Crippen LogP contribution in [0.25, 0.3) is 11.1 Å². The van der Waals surface area contributed by atoms with Crippen molar-refractivity contribution in [3.05, 3.63) is 65.1 Å². The largest absolute Gasteiger partial charge is 0.0614 e. The normalized spacial score (nSPS) is 13.3. The Morgan fingerprint density at radius 2 is 1.39 bits per heavy atom. The van der Waals surface area contributed by atoms with Crippen molar-refractivity contribution in [2.45, 2.75) is 33.1 Å². The fraction of sp³-hybridized carbons (Fsp3) is 0.278. The highest BCUT2D eigenvalue weighted by Crippen LogP contribution is 2.43. The molecule has 1 aliphatic carbocycles. The summed E-state index contributed by atoms with van der Waals surface area (Å²) in [6.07, 6.45) is 2.36. The molecule has 1 radical (unpaired) electrons. The Morgan fingerprint density at radius 3 is 2.06 bits per heavy atom. The van der Waals surface area contributed by atoms with Crippen molar-refractivity contribution in [1.29, 1.82) is 0 Å².